The normalized spacial score (nSPS) is 13.2. The van der Waals surface area contributed by atoms with Crippen molar-refractivity contribution in [1.29, 1.82) is 0 Å². The first-order chi connectivity index (χ1) is 14.9. The molecule has 2 atom stereocenters. The van der Waals surface area contributed by atoms with Crippen LogP contribution in [0.15, 0.2) is 58.5 Å². The van der Waals surface area contributed by atoms with Gasteiger partial charge in [0.2, 0.25) is 5.91 Å². The predicted molar refractivity (Wildman–Crippen MR) is 126 cm³/mol. The van der Waals surface area contributed by atoms with E-state index in [1.54, 1.807) is 29.9 Å². The number of fused-ring (bicyclic) bond motifs is 1. The Morgan fingerprint density at radius 3 is 2.68 bits per heavy atom. The first-order valence-corrected chi connectivity index (χ1v) is 11.3. The number of benzene rings is 2. The summed E-state index contributed by atoms with van der Waals surface area (Å²) < 4.78 is 6.71. The number of methoxy groups -OCH3 is 1. The number of amides is 1. The Kier molecular flexibility index (Phi) is 8.12. The number of aromatic nitrogens is 2. The van der Waals surface area contributed by atoms with Gasteiger partial charge in [-0.25, -0.2) is 4.98 Å². The molecule has 3 aromatic rings. The quantitative estimate of drug-likeness (QED) is 0.385. The number of ether oxygens (including phenoxy) is 1. The summed E-state index contributed by atoms with van der Waals surface area (Å²) in [6.07, 6.45) is 0. The van der Waals surface area contributed by atoms with Gasteiger partial charge >= 0.3 is 0 Å². The van der Waals surface area contributed by atoms with Crippen LogP contribution in [0, 0.1) is 0 Å². The van der Waals surface area contributed by atoms with Crippen LogP contribution in [0.25, 0.3) is 10.9 Å². The van der Waals surface area contributed by atoms with Gasteiger partial charge in [0.25, 0.3) is 5.56 Å². The zero-order chi connectivity index (χ0) is 22.4. The van der Waals surface area contributed by atoms with Crippen LogP contribution in [-0.4, -0.2) is 41.0 Å². The number of halogens is 1. The van der Waals surface area contributed by atoms with E-state index in [2.05, 4.69) is 17.2 Å². The van der Waals surface area contributed by atoms with E-state index < -0.39 is 5.25 Å². The van der Waals surface area contributed by atoms with Crippen molar-refractivity contribution in [2.45, 2.75) is 36.7 Å². The molecule has 1 heterocycles. The highest BCUT2D eigenvalue weighted by Gasteiger charge is 2.20. The molecule has 0 aliphatic rings. The third kappa shape index (κ3) is 5.87. The molecular weight excluding hydrogens is 434 g/mol. The van der Waals surface area contributed by atoms with Crippen molar-refractivity contribution in [3.8, 4) is 0 Å². The molecule has 0 radical (unpaired) electrons. The van der Waals surface area contributed by atoms with Gasteiger partial charge in [0.1, 0.15) is 0 Å². The molecule has 0 fully saturated rings. The molecule has 0 spiro atoms. The first-order valence-electron chi connectivity index (χ1n) is 10.1. The van der Waals surface area contributed by atoms with Crippen molar-refractivity contribution in [3.63, 3.8) is 0 Å². The van der Waals surface area contributed by atoms with E-state index in [9.17, 15) is 9.59 Å². The second-order valence-corrected chi connectivity index (χ2v) is 9.07. The maximum atomic E-state index is 13.0. The average molecular weight is 460 g/mol. The van der Waals surface area contributed by atoms with Crippen molar-refractivity contribution in [2.24, 2.45) is 0 Å². The van der Waals surface area contributed by atoms with Crippen LogP contribution in [0.3, 0.4) is 0 Å². The van der Waals surface area contributed by atoms with Gasteiger partial charge in [0.15, 0.2) is 5.16 Å². The van der Waals surface area contributed by atoms with E-state index in [1.165, 1.54) is 17.3 Å². The highest BCUT2D eigenvalue weighted by molar-refractivity contribution is 8.00. The van der Waals surface area contributed by atoms with Gasteiger partial charge in [-0.2, -0.15) is 0 Å². The van der Waals surface area contributed by atoms with E-state index in [1.807, 2.05) is 37.3 Å². The summed E-state index contributed by atoms with van der Waals surface area (Å²) in [6, 6.07) is 15.1. The number of nitrogens with zero attached hydrogens (tertiary/aromatic N) is 2. The highest BCUT2D eigenvalue weighted by Crippen LogP contribution is 2.24. The summed E-state index contributed by atoms with van der Waals surface area (Å²) in [5.41, 5.74) is 1.51. The maximum absolute atomic E-state index is 13.0. The molecule has 0 bridgehead atoms. The summed E-state index contributed by atoms with van der Waals surface area (Å²) in [4.78, 5) is 30.3. The molecule has 0 saturated carbocycles. The summed E-state index contributed by atoms with van der Waals surface area (Å²) in [7, 11) is 1.58. The van der Waals surface area contributed by atoms with Gasteiger partial charge in [-0.3, -0.25) is 14.2 Å². The smallest absolute Gasteiger partial charge is 0.262 e. The molecule has 3 rings (SSSR count). The Morgan fingerprint density at radius 1 is 1.23 bits per heavy atom. The Bertz CT molecular complexity index is 1100. The minimum Gasteiger partial charge on any atom is -0.383 e. The Morgan fingerprint density at radius 2 is 1.97 bits per heavy atom. The molecule has 2 aromatic carbocycles. The van der Waals surface area contributed by atoms with Crippen LogP contribution < -0.4 is 10.9 Å². The fraction of sp³-hybridized carbons (Fsp3) is 0.348. The number of rotatable bonds is 9. The molecule has 31 heavy (non-hydrogen) atoms. The van der Waals surface area contributed by atoms with Crippen molar-refractivity contribution < 1.29 is 9.53 Å². The molecule has 2 unspecified atom stereocenters. The third-order valence-corrected chi connectivity index (χ3v) is 6.33. The van der Waals surface area contributed by atoms with E-state index in [0.29, 0.717) is 40.8 Å². The number of carbonyl (C=O) groups excluding carboxylic acids is 1. The molecule has 1 amide bonds. The van der Waals surface area contributed by atoms with Gasteiger partial charge in [0, 0.05) is 18.7 Å². The lowest BCUT2D eigenvalue weighted by Gasteiger charge is -2.18. The van der Waals surface area contributed by atoms with Gasteiger partial charge in [0.05, 0.1) is 29.3 Å². The molecule has 1 N–H and O–H groups in total. The van der Waals surface area contributed by atoms with Crippen LogP contribution in [-0.2, 0) is 16.1 Å². The molecule has 164 valence electrons. The Hall–Kier alpha value is -2.35. The summed E-state index contributed by atoms with van der Waals surface area (Å²) in [5, 5.41) is 4.03. The van der Waals surface area contributed by atoms with E-state index in [0.717, 1.165) is 0 Å². The van der Waals surface area contributed by atoms with Gasteiger partial charge in [-0.15, -0.1) is 0 Å². The third-order valence-electron chi connectivity index (χ3n) is 5.00. The minimum atomic E-state index is -0.430. The van der Waals surface area contributed by atoms with Gasteiger partial charge in [-0.1, -0.05) is 60.6 Å². The van der Waals surface area contributed by atoms with Crippen molar-refractivity contribution in [1.82, 2.24) is 14.9 Å². The Labute approximate surface area is 191 Å². The fourth-order valence-electron chi connectivity index (χ4n) is 3.15. The average Bonchev–Trinajstić information content (AvgIpc) is 2.77. The van der Waals surface area contributed by atoms with Crippen LogP contribution >= 0.6 is 23.4 Å². The van der Waals surface area contributed by atoms with Crippen LogP contribution in [0.4, 0.5) is 0 Å². The van der Waals surface area contributed by atoms with Crippen LogP contribution in [0.1, 0.15) is 25.3 Å². The lowest BCUT2D eigenvalue weighted by Crippen LogP contribution is -2.34. The maximum Gasteiger partial charge on any atom is 0.262 e. The zero-order valence-corrected chi connectivity index (χ0v) is 19.4. The second kappa shape index (κ2) is 10.8. The summed E-state index contributed by atoms with van der Waals surface area (Å²) in [5.74, 6) is 0.0923. The lowest BCUT2D eigenvalue weighted by molar-refractivity contribution is -0.120. The van der Waals surface area contributed by atoms with Crippen molar-refractivity contribution in [2.75, 3.05) is 20.3 Å². The number of carbonyl (C=O) groups is 1. The predicted octanol–water partition coefficient (Wildman–Crippen LogP) is 4.10. The number of nitrogens with one attached hydrogen (secondary N) is 1. The van der Waals surface area contributed by atoms with E-state index >= 15 is 0 Å². The van der Waals surface area contributed by atoms with E-state index in [4.69, 9.17) is 16.3 Å². The molecule has 1 aromatic heterocycles. The van der Waals surface area contributed by atoms with Gasteiger partial charge < -0.3 is 10.1 Å². The van der Waals surface area contributed by atoms with Gasteiger partial charge in [-0.05, 0) is 36.6 Å². The number of thioether (sulfide) groups is 1. The fourth-order valence-corrected chi connectivity index (χ4v) is 4.28. The highest BCUT2D eigenvalue weighted by atomic mass is 35.5. The Balaban J connectivity index is 1.77. The van der Waals surface area contributed by atoms with E-state index in [-0.39, 0.29) is 17.4 Å². The van der Waals surface area contributed by atoms with Crippen molar-refractivity contribution >= 4 is 40.2 Å². The molecule has 0 aliphatic carbocycles. The largest absolute Gasteiger partial charge is 0.383 e. The standard InChI is InChI=1S/C23H26ClN3O3S/c1-15(17-7-5-4-6-8-17)14-25-21(28)16(2)31-23-26-20-13-18(24)9-10-19(20)22(29)27(23)11-12-30-3/h4-10,13,15-16H,11-12,14H2,1-3H3,(H,25,28). The lowest BCUT2D eigenvalue weighted by atomic mass is 10.0. The zero-order valence-electron chi connectivity index (χ0n) is 17.8. The van der Waals surface area contributed by atoms with Crippen LogP contribution in [0.2, 0.25) is 5.02 Å². The SMILES string of the molecule is COCCn1c(SC(C)C(=O)NCC(C)c2ccccc2)nc2cc(Cl)ccc2c1=O. The molecule has 0 saturated heterocycles. The van der Waals surface area contributed by atoms with Crippen LogP contribution in [0.5, 0.6) is 0 Å². The summed E-state index contributed by atoms with van der Waals surface area (Å²) in [6.45, 7) is 5.13. The van der Waals surface area contributed by atoms with Crippen molar-refractivity contribution in [3.05, 3.63) is 69.5 Å². The molecule has 6 nitrogen and oxygen atoms in total. The molecule has 0 aliphatic heterocycles. The first kappa shape index (κ1) is 23.3. The molecule has 8 heteroatoms. The minimum absolute atomic E-state index is 0.105. The second-order valence-electron chi connectivity index (χ2n) is 7.32. The molecular formula is C23H26ClN3O3S. The summed E-state index contributed by atoms with van der Waals surface area (Å²) >= 11 is 7.34. The number of hydrogen-bond acceptors (Lipinski definition) is 5. The topological polar surface area (TPSA) is 73.2 Å². The number of hydrogen-bond donors (Lipinski definition) is 1. The monoisotopic (exact) mass is 459 g/mol.